The van der Waals surface area contributed by atoms with Gasteiger partial charge in [0.05, 0.1) is 33.3 Å². The van der Waals surface area contributed by atoms with E-state index in [-0.39, 0.29) is 32.0 Å². The molecule has 9 heteroatoms. The van der Waals surface area contributed by atoms with Gasteiger partial charge in [0.2, 0.25) is 0 Å². The Balaban J connectivity index is 1.65. The Labute approximate surface area is 256 Å². The molecular weight excluding hydrogens is 560 g/mol. The largest absolute Gasteiger partial charge is 0.497 e. The molecule has 0 bridgehead atoms. The quantitative estimate of drug-likeness (QED) is 0.187. The Morgan fingerprint density at radius 2 is 1.43 bits per heavy atom. The maximum atomic E-state index is 14.1. The molecule has 228 valence electrons. The zero-order valence-corrected chi connectivity index (χ0v) is 24.7. The van der Waals surface area contributed by atoms with E-state index in [1.165, 1.54) is 4.90 Å². The van der Waals surface area contributed by atoms with Crippen LogP contribution in [0.1, 0.15) is 44.3 Å². The molecule has 0 aliphatic heterocycles. The molecule has 4 aromatic rings. The van der Waals surface area contributed by atoms with Crippen molar-refractivity contribution in [2.45, 2.75) is 18.9 Å². The number of aliphatic hydroxyl groups excluding tert-OH is 1. The van der Waals surface area contributed by atoms with Gasteiger partial charge in [0.25, 0.3) is 11.8 Å². The van der Waals surface area contributed by atoms with Crippen LogP contribution < -0.4 is 14.8 Å². The maximum Gasteiger partial charge on any atom is 0.305 e. The summed E-state index contributed by atoms with van der Waals surface area (Å²) in [4.78, 5) is 40.6. The van der Waals surface area contributed by atoms with Crippen LogP contribution in [0.2, 0.25) is 0 Å². The fraction of sp³-hybridized carbons (Fsp3) is 0.229. The van der Waals surface area contributed by atoms with Gasteiger partial charge < -0.3 is 29.9 Å². The SMILES string of the molecule is COc1ccc(OC)c(CCN(CCC(=O)O)C(=O)c2ccccc2-c2ccccc2C(=O)NC(CO)c2ccccc2)c1. The summed E-state index contributed by atoms with van der Waals surface area (Å²) in [6.45, 7) is -0.0723. The van der Waals surface area contributed by atoms with Crippen LogP contribution in [0.4, 0.5) is 0 Å². The van der Waals surface area contributed by atoms with Gasteiger partial charge in [0.1, 0.15) is 11.5 Å². The molecule has 3 N–H and O–H groups in total. The number of amides is 2. The fourth-order valence-corrected chi connectivity index (χ4v) is 5.02. The van der Waals surface area contributed by atoms with E-state index in [1.807, 2.05) is 36.4 Å². The molecule has 0 aromatic heterocycles. The van der Waals surface area contributed by atoms with Crippen molar-refractivity contribution in [3.05, 3.63) is 119 Å². The summed E-state index contributed by atoms with van der Waals surface area (Å²) in [6.07, 6.45) is 0.166. The number of carbonyl (C=O) groups excluding carboxylic acids is 2. The van der Waals surface area contributed by atoms with Crippen molar-refractivity contribution < 1.29 is 34.1 Å². The first-order valence-corrected chi connectivity index (χ1v) is 14.2. The molecule has 2 amide bonds. The van der Waals surface area contributed by atoms with Gasteiger partial charge in [-0.25, -0.2) is 0 Å². The maximum absolute atomic E-state index is 14.1. The van der Waals surface area contributed by atoms with Crippen LogP contribution in [0, 0.1) is 0 Å². The lowest BCUT2D eigenvalue weighted by Gasteiger charge is -2.24. The number of methoxy groups -OCH3 is 2. The van der Waals surface area contributed by atoms with E-state index in [9.17, 15) is 24.6 Å². The topological polar surface area (TPSA) is 125 Å². The summed E-state index contributed by atoms with van der Waals surface area (Å²) < 4.78 is 10.8. The molecule has 44 heavy (non-hydrogen) atoms. The summed E-state index contributed by atoms with van der Waals surface area (Å²) in [6, 6.07) is 27.9. The zero-order chi connectivity index (χ0) is 31.5. The van der Waals surface area contributed by atoms with E-state index in [4.69, 9.17) is 9.47 Å². The summed E-state index contributed by atoms with van der Waals surface area (Å²) in [5.74, 6) is -0.516. The van der Waals surface area contributed by atoms with Gasteiger partial charge in [-0.05, 0) is 59.0 Å². The Bertz CT molecular complexity index is 1590. The van der Waals surface area contributed by atoms with Crippen molar-refractivity contribution in [1.82, 2.24) is 10.2 Å². The van der Waals surface area contributed by atoms with Crippen LogP contribution in [-0.2, 0) is 11.2 Å². The monoisotopic (exact) mass is 596 g/mol. The summed E-state index contributed by atoms with van der Waals surface area (Å²) >= 11 is 0. The molecule has 0 saturated carbocycles. The number of benzene rings is 4. The highest BCUT2D eigenvalue weighted by molar-refractivity contribution is 6.06. The van der Waals surface area contributed by atoms with Crippen molar-refractivity contribution in [2.75, 3.05) is 33.9 Å². The molecule has 0 fully saturated rings. The van der Waals surface area contributed by atoms with Gasteiger partial charge >= 0.3 is 5.97 Å². The number of rotatable bonds is 14. The standard InChI is InChI=1S/C35H36N2O7/c1-43-26-16-17-32(44-2)25(22-26)18-20-37(21-19-33(39)40)35(42)30-15-9-7-13-28(30)27-12-6-8-14-29(27)34(41)36-31(23-38)24-10-4-3-5-11-24/h3-17,22,31,38H,18-21,23H2,1-2H3,(H,36,41)(H,39,40). The summed E-state index contributed by atoms with van der Waals surface area (Å²) in [5.41, 5.74) is 3.30. The number of carboxylic acid groups (broad SMARTS) is 1. The zero-order valence-electron chi connectivity index (χ0n) is 24.7. The van der Waals surface area contributed by atoms with Crippen LogP contribution in [0.15, 0.2) is 97.1 Å². The number of aliphatic hydroxyl groups is 1. The molecule has 1 unspecified atom stereocenters. The number of ether oxygens (including phenoxy) is 2. The third kappa shape index (κ3) is 7.81. The van der Waals surface area contributed by atoms with Gasteiger partial charge in [-0.3, -0.25) is 14.4 Å². The average molecular weight is 597 g/mol. The minimum absolute atomic E-state index is 0.00776. The number of nitrogens with one attached hydrogen (secondary N) is 1. The molecule has 0 radical (unpaired) electrons. The van der Waals surface area contributed by atoms with Crippen molar-refractivity contribution in [1.29, 1.82) is 0 Å². The Morgan fingerprint density at radius 1 is 0.795 bits per heavy atom. The van der Waals surface area contributed by atoms with Gasteiger partial charge in [-0.15, -0.1) is 0 Å². The summed E-state index contributed by atoms with van der Waals surface area (Å²) in [5, 5.41) is 22.3. The van der Waals surface area contributed by atoms with Crippen LogP contribution in [0.5, 0.6) is 11.5 Å². The van der Waals surface area contributed by atoms with Gasteiger partial charge in [0.15, 0.2) is 0 Å². The number of aliphatic carboxylic acids is 1. The second-order valence-electron chi connectivity index (χ2n) is 10.1. The van der Waals surface area contributed by atoms with E-state index in [0.717, 1.165) is 11.1 Å². The lowest BCUT2D eigenvalue weighted by Crippen LogP contribution is -2.35. The molecule has 9 nitrogen and oxygen atoms in total. The van der Waals surface area contributed by atoms with Gasteiger partial charge in [0, 0.05) is 24.2 Å². The van der Waals surface area contributed by atoms with E-state index in [2.05, 4.69) is 5.32 Å². The molecule has 0 heterocycles. The Kier molecular flexibility index (Phi) is 11.1. The highest BCUT2D eigenvalue weighted by Crippen LogP contribution is 2.30. The number of hydrogen-bond acceptors (Lipinski definition) is 6. The Hall–Kier alpha value is -5.15. The predicted octanol–water partition coefficient (Wildman–Crippen LogP) is 4.99. The van der Waals surface area contributed by atoms with Crippen LogP contribution in [-0.4, -0.2) is 66.8 Å². The smallest absolute Gasteiger partial charge is 0.305 e. The second-order valence-corrected chi connectivity index (χ2v) is 10.1. The van der Waals surface area contributed by atoms with E-state index in [0.29, 0.717) is 40.2 Å². The molecule has 4 aromatic carbocycles. The van der Waals surface area contributed by atoms with Crippen LogP contribution in [0.25, 0.3) is 11.1 Å². The average Bonchev–Trinajstić information content (AvgIpc) is 3.07. The molecule has 0 aliphatic rings. The number of hydrogen-bond donors (Lipinski definition) is 3. The van der Waals surface area contributed by atoms with Crippen molar-refractivity contribution >= 4 is 17.8 Å². The number of nitrogens with zero attached hydrogens (tertiary/aromatic N) is 1. The molecule has 1 atom stereocenters. The van der Waals surface area contributed by atoms with E-state index < -0.39 is 17.9 Å². The van der Waals surface area contributed by atoms with Crippen molar-refractivity contribution in [3.63, 3.8) is 0 Å². The molecule has 0 spiro atoms. The lowest BCUT2D eigenvalue weighted by atomic mass is 9.94. The van der Waals surface area contributed by atoms with Gasteiger partial charge in [-0.2, -0.15) is 0 Å². The molecular formula is C35H36N2O7. The number of carbonyl (C=O) groups is 3. The highest BCUT2D eigenvalue weighted by Gasteiger charge is 2.24. The molecule has 0 saturated heterocycles. The Morgan fingerprint density at radius 3 is 2.07 bits per heavy atom. The lowest BCUT2D eigenvalue weighted by molar-refractivity contribution is -0.137. The highest BCUT2D eigenvalue weighted by atomic mass is 16.5. The molecule has 0 aliphatic carbocycles. The summed E-state index contributed by atoms with van der Waals surface area (Å²) in [7, 11) is 3.13. The normalized spacial score (nSPS) is 11.3. The number of carboxylic acids is 1. The van der Waals surface area contributed by atoms with Crippen LogP contribution in [0.3, 0.4) is 0 Å². The fourth-order valence-electron chi connectivity index (χ4n) is 5.02. The van der Waals surface area contributed by atoms with E-state index in [1.54, 1.807) is 74.9 Å². The minimum Gasteiger partial charge on any atom is -0.497 e. The van der Waals surface area contributed by atoms with Crippen LogP contribution >= 0.6 is 0 Å². The third-order valence-corrected chi connectivity index (χ3v) is 7.33. The third-order valence-electron chi connectivity index (χ3n) is 7.33. The first-order chi connectivity index (χ1) is 21.4. The second kappa shape index (κ2) is 15.4. The van der Waals surface area contributed by atoms with Crippen molar-refractivity contribution in [3.8, 4) is 22.6 Å². The predicted molar refractivity (Wildman–Crippen MR) is 167 cm³/mol. The molecule has 4 rings (SSSR count). The minimum atomic E-state index is -1.02. The van der Waals surface area contributed by atoms with Gasteiger partial charge in [-0.1, -0.05) is 66.7 Å². The first kappa shape index (κ1) is 31.8. The first-order valence-electron chi connectivity index (χ1n) is 14.2. The van der Waals surface area contributed by atoms with E-state index >= 15 is 0 Å². The van der Waals surface area contributed by atoms with Crippen molar-refractivity contribution in [2.24, 2.45) is 0 Å².